The second kappa shape index (κ2) is 10.0. The van der Waals surface area contributed by atoms with Crippen LogP contribution in [0.2, 0.25) is 10.0 Å². The fourth-order valence-corrected chi connectivity index (χ4v) is 5.89. The molecule has 36 heavy (non-hydrogen) atoms. The second-order valence-corrected chi connectivity index (χ2v) is 10.3. The van der Waals surface area contributed by atoms with Crippen molar-refractivity contribution in [3.8, 4) is 0 Å². The third-order valence-electron chi connectivity index (χ3n) is 7.23. The fourth-order valence-electron chi connectivity index (χ4n) is 5.54. The smallest absolute Gasteiger partial charge is 0.335 e. The van der Waals surface area contributed by atoms with Crippen LogP contribution >= 0.6 is 23.2 Å². The van der Waals surface area contributed by atoms with Gasteiger partial charge in [-0.3, -0.25) is 4.79 Å². The number of carboxylic acid groups (broad SMARTS) is 1. The molecule has 1 fully saturated rings. The van der Waals surface area contributed by atoms with E-state index in [0.29, 0.717) is 10.7 Å². The van der Waals surface area contributed by atoms with Gasteiger partial charge in [0.2, 0.25) is 5.91 Å². The van der Waals surface area contributed by atoms with Crippen molar-refractivity contribution >= 4 is 52.1 Å². The predicted molar refractivity (Wildman–Crippen MR) is 144 cm³/mol. The van der Waals surface area contributed by atoms with Crippen LogP contribution in [0.4, 0.5) is 17.1 Å². The maximum Gasteiger partial charge on any atom is 0.335 e. The summed E-state index contributed by atoms with van der Waals surface area (Å²) in [6.45, 7) is 0. The highest BCUT2D eigenvalue weighted by atomic mass is 35.5. The van der Waals surface area contributed by atoms with Gasteiger partial charge < -0.3 is 21.1 Å². The summed E-state index contributed by atoms with van der Waals surface area (Å²) in [4.78, 5) is 25.5. The molecule has 2 aliphatic rings. The lowest BCUT2D eigenvalue weighted by molar-refractivity contribution is -0.124. The number of carbonyl (C=O) groups is 2. The molecule has 0 bridgehead atoms. The Bertz CT molecular complexity index is 1260. The molecule has 6 nitrogen and oxygen atoms in total. The van der Waals surface area contributed by atoms with Gasteiger partial charge in [-0.15, -0.1) is 0 Å². The number of hydrogen-bond acceptors (Lipinski definition) is 4. The van der Waals surface area contributed by atoms with Crippen molar-refractivity contribution in [3.05, 3.63) is 87.9 Å². The number of anilines is 3. The van der Waals surface area contributed by atoms with Crippen molar-refractivity contribution in [2.45, 2.75) is 37.8 Å². The van der Waals surface area contributed by atoms with Crippen molar-refractivity contribution in [2.24, 2.45) is 11.8 Å². The largest absolute Gasteiger partial charge is 0.478 e. The van der Waals surface area contributed by atoms with Gasteiger partial charge in [0.15, 0.2) is 0 Å². The Kier molecular flexibility index (Phi) is 6.82. The van der Waals surface area contributed by atoms with E-state index in [4.69, 9.17) is 23.2 Å². The number of carboxylic acids is 1. The number of para-hydroxylation sites is 2. The highest BCUT2D eigenvalue weighted by Crippen LogP contribution is 2.49. The summed E-state index contributed by atoms with van der Waals surface area (Å²) in [5.41, 5.74) is 2.28. The number of aromatic carboxylic acids is 1. The summed E-state index contributed by atoms with van der Waals surface area (Å²) in [5, 5.41) is 20.4. The number of halogens is 2. The third kappa shape index (κ3) is 4.63. The average Bonchev–Trinajstić information content (AvgIpc) is 3.26. The van der Waals surface area contributed by atoms with E-state index in [2.05, 4.69) is 16.0 Å². The Hall–Kier alpha value is -3.22. The number of nitrogens with one attached hydrogen (secondary N) is 3. The van der Waals surface area contributed by atoms with Gasteiger partial charge >= 0.3 is 5.97 Å². The van der Waals surface area contributed by atoms with E-state index in [-0.39, 0.29) is 22.4 Å². The van der Waals surface area contributed by atoms with Gasteiger partial charge in [0, 0.05) is 5.02 Å². The van der Waals surface area contributed by atoms with Crippen molar-refractivity contribution in [1.29, 1.82) is 0 Å². The lowest BCUT2D eigenvalue weighted by atomic mass is 9.71. The second-order valence-electron chi connectivity index (χ2n) is 9.48. The van der Waals surface area contributed by atoms with E-state index in [9.17, 15) is 14.7 Å². The minimum absolute atomic E-state index is 0.0639. The molecular formula is C28H27Cl2N3O3. The normalized spacial score (nSPS) is 17.4. The molecule has 1 saturated carbocycles. The van der Waals surface area contributed by atoms with Gasteiger partial charge in [-0.1, -0.05) is 66.7 Å². The van der Waals surface area contributed by atoms with Gasteiger partial charge in [-0.05, 0) is 66.8 Å². The van der Waals surface area contributed by atoms with Crippen LogP contribution in [0.1, 0.15) is 48.0 Å². The first-order valence-corrected chi connectivity index (χ1v) is 12.9. The zero-order valence-electron chi connectivity index (χ0n) is 19.6. The summed E-state index contributed by atoms with van der Waals surface area (Å²) in [6.07, 6.45) is 5.14. The van der Waals surface area contributed by atoms with Crippen LogP contribution in [-0.4, -0.2) is 17.0 Å². The van der Waals surface area contributed by atoms with E-state index in [0.717, 1.165) is 49.0 Å². The molecule has 3 aromatic carbocycles. The molecule has 1 unspecified atom stereocenters. The molecule has 1 aliphatic heterocycles. The minimum atomic E-state index is -1.08. The quantitative estimate of drug-likeness (QED) is 0.273. The molecule has 3 aromatic rings. The number of fused-ring (bicyclic) bond motifs is 1. The predicted octanol–water partition coefficient (Wildman–Crippen LogP) is 7.22. The van der Waals surface area contributed by atoms with Crippen LogP contribution < -0.4 is 16.0 Å². The van der Waals surface area contributed by atoms with Crippen LogP contribution in [-0.2, 0) is 10.5 Å². The van der Waals surface area contributed by atoms with Gasteiger partial charge in [0.1, 0.15) is 5.66 Å². The minimum Gasteiger partial charge on any atom is -0.478 e. The van der Waals surface area contributed by atoms with Gasteiger partial charge in [-0.2, -0.15) is 0 Å². The third-order valence-corrected chi connectivity index (χ3v) is 7.80. The van der Waals surface area contributed by atoms with Crippen LogP contribution in [0.15, 0.2) is 66.7 Å². The molecule has 0 saturated heterocycles. The fraction of sp³-hybridized carbons (Fsp3) is 0.286. The molecule has 4 N–H and O–H groups in total. The van der Waals surface area contributed by atoms with Crippen molar-refractivity contribution < 1.29 is 14.7 Å². The molecule has 1 atom stereocenters. The standard InChI is InChI=1S/C28H27Cl2N3O3/c29-20-13-11-19(12-14-20)28(32-23-8-4-5-9-24(23)33-28)25(17-6-2-1-3-7-17)26(34)31-22-15-10-18(27(35)36)16-21(22)30/h4-5,8-17,25,32-33H,1-3,6-7H2,(H,31,34)(H,35,36). The van der Waals surface area contributed by atoms with Crippen LogP contribution in [0.3, 0.4) is 0 Å². The van der Waals surface area contributed by atoms with E-state index in [1.54, 1.807) is 6.07 Å². The number of benzene rings is 3. The zero-order valence-corrected chi connectivity index (χ0v) is 21.1. The average molecular weight is 524 g/mol. The van der Waals surface area contributed by atoms with E-state index in [1.165, 1.54) is 12.1 Å². The topological polar surface area (TPSA) is 90.5 Å². The van der Waals surface area contributed by atoms with Crippen molar-refractivity contribution in [3.63, 3.8) is 0 Å². The van der Waals surface area contributed by atoms with Crippen LogP contribution in [0.25, 0.3) is 0 Å². The highest BCUT2D eigenvalue weighted by Gasteiger charge is 2.51. The summed E-state index contributed by atoms with van der Waals surface area (Å²) >= 11 is 12.6. The summed E-state index contributed by atoms with van der Waals surface area (Å²) in [6, 6.07) is 19.8. The van der Waals surface area contributed by atoms with E-state index < -0.39 is 17.6 Å². The first kappa shape index (κ1) is 24.5. The molecule has 1 aliphatic carbocycles. The Labute approximate surface area is 220 Å². The molecule has 5 rings (SSSR count). The Morgan fingerprint density at radius 2 is 1.56 bits per heavy atom. The lowest BCUT2D eigenvalue weighted by Crippen LogP contribution is -2.54. The maximum absolute atomic E-state index is 14.2. The molecule has 1 heterocycles. The first-order valence-electron chi connectivity index (χ1n) is 12.1. The van der Waals surface area contributed by atoms with Crippen LogP contribution in [0, 0.1) is 11.8 Å². The van der Waals surface area contributed by atoms with E-state index >= 15 is 0 Å². The summed E-state index contributed by atoms with van der Waals surface area (Å²) in [7, 11) is 0. The number of hydrogen-bond donors (Lipinski definition) is 4. The number of amides is 1. The highest BCUT2D eigenvalue weighted by molar-refractivity contribution is 6.34. The van der Waals surface area contributed by atoms with Gasteiger partial charge in [-0.25, -0.2) is 4.79 Å². The number of rotatable bonds is 6. The molecule has 8 heteroatoms. The Morgan fingerprint density at radius 1 is 0.917 bits per heavy atom. The molecule has 0 spiro atoms. The lowest BCUT2D eigenvalue weighted by Gasteiger charge is -2.43. The van der Waals surface area contributed by atoms with Gasteiger partial charge in [0.05, 0.1) is 33.6 Å². The molecule has 186 valence electrons. The number of carbonyl (C=O) groups excluding carboxylic acids is 1. The SMILES string of the molecule is O=C(O)c1ccc(NC(=O)C(C2CCCCC2)C2(c3ccc(Cl)cc3)Nc3ccccc3N2)c(Cl)c1. The Morgan fingerprint density at radius 3 is 2.14 bits per heavy atom. The van der Waals surface area contributed by atoms with Crippen molar-refractivity contribution in [1.82, 2.24) is 0 Å². The maximum atomic E-state index is 14.2. The van der Waals surface area contributed by atoms with Crippen molar-refractivity contribution in [2.75, 3.05) is 16.0 Å². The molecule has 0 radical (unpaired) electrons. The summed E-state index contributed by atoms with van der Waals surface area (Å²) in [5.74, 6) is -1.65. The molecular weight excluding hydrogens is 497 g/mol. The monoisotopic (exact) mass is 523 g/mol. The van der Waals surface area contributed by atoms with E-state index in [1.807, 2.05) is 48.5 Å². The van der Waals surface area contributed by atoms with Gasteiger partial charge in [0.25, 0.3) is 0 Å². The summed E-state index contributed by atoms with van der Waals surface area (Å²) < 4.78 is 0. The van der Waals surface area contributed by atoms with Crippen LogP contribution in [0.5, 0.6) is 0 Å². The molecule has 0 aromatic heterocycles. The zero-order chi connectivity index (χ0) is 25.3. The molecule has 1 amide bonds. The first-order chi connectivity index (χ1) is 17.4. The Balaban J connectivity index is 1.58.